The van der Waals surface area contributed by atoms with Crippen molar-refractivity contribution in [3.8, 4) is 0 Å². The summed E-state index contributed by atoms with van der Waals surface area (Å²) in [7, 11) is 1.80. The average Bonchev–Trinajstić information content (AvgIpc) is 3.23. The maximum atomic E-state index is 13.3. The zero-order valence-electron chi connectivity index (χ0n) is 14.3. The number of hydrogen-bond donors (Lipinski definition) is 1. The molecule has 3 heterocycles. The van der Waals surface area contributed by atoms with Gasteiger partial charge in [0.25, 0.3) is 0 Å². The van der Waals surface area contributed by atoms with Crippen LogP contribution in [0.5, 0.6) is 0 Å². The standard InChI is InChI=1S/C18H19ClFN5O/c1-23-17(4-5-21-23)18(26)16-9-13-11-24(6-7-25(13)22-16)10-12-2-3-15(20)14(19)8-12/h2-5,8-9,18,26H,6-7,10-11H2,1H3. The lowest BCUT2D eigenvalue weighted by molar-refractivity contribution is 0.196. The molecule has 1 unspecified atom stereocenters. The first-order valence-electron chi connectivity index (χ1n) is 8.40. The van der Waals surface area contributed by atoms with Crippen molar-refractivity contribution in [2.75, 3.05) is 6.54 Å². The van der Waals surface area contributed by atoms with Gasteiger partial charge in [-0.1, -0.05) is 17.7 Å². The van der Waals surface area contributed by atoms with Gasteiger partial charge in [-0.25, -0.2) is 4.39 Å². The van der Waals surface area contributed by atoms with Gasteiger partial charge in [-0.3, -0.25) is 14.3 Å². The van der Waals surface area contributed by atoms with Gasteiger partial charge >= 0.3 is 0 Å². The summed E-state index contributed by atoms with van der Waals surface area (Å²) >= 11 is 5.87. The first-order valence-corrected chi connectivity index (χ1v) is 8.78. The molecule has 1 aromatic carbocycles. The minimum Gasteiger partial charge on any atom is -0.380 e. The molecule has 136 valence electrons. The van der Waals surface area contributed by atoms with Crippen molar-refractivity contribution in [2.45, 2.75) is 25.7 Å². The summed E-state index contributed by atoms with van der Waals surface area (Å²) in [6, 6.07) is 8.54. The highest BCUT2D eigenvalue weighted by molar-refractivity contribution is 6.30. The molecule has 1 atom stereocenters. The number of aliphatic hydroxyl groups excluding tert-OH is 1. The van der Waals surface area contributed by atoms with E-state index in [4.69, 9.17) is 11.6 Å². The molecule has 0 saturated carbocycles. The largest absolute Gasteiger partial charge is 0.380 e. The molecule has 0 aliphatic carbocycles. The summed E-state index contributed by atoms with van der Waals surface area (Å²) < 4.78 is 16.9. The minimum absolute atomic E-state index is 0.145. The lowest BCUT2D eigenvalue weighted by atomic mass is 10.1. The van der Waals surface area contributed by atoms with Gasteiger partial charge in [0, 0.05) is 32.9 Å². The molecule has 26 heavy (non-hydrogen) atoms. The van der Waals surface area contributed by atoms with E-state index < -0.39 is 11.9 Å². The molecule has 1 aliphatic heterocycles. The molecule has 0 spiro atoms. The highest BCUT2D eigenvalue weighted by Gasteiger charge is 2.23. The first-order chi connectivity index (χ1) is 12.5. The van der Waals surface area contributed by atoms with Crippen molar-refractivity contribution in [1.29, 1.82) is 0 Å². The molecule has 2 aromatic heterocycles. The molecular formula is C18H19ClFN5O. The number of aromatic nitrogens is 4. The van der Waals surface area contributed by atoms with Crippen molar-refractivity contribution in [3.63, 3.8) is 0 Å². The predicted octanol–water partition coefficient (Wildman–Crippen LogP) is 2.51. The van der Waals surface area contributed by atoms with E-state index in [0.29, 0.717) is 24.5 Å². The molecule has 0 fully saturated rings. The van der Waals surface area contributed by atoms with Crippen molar-refractivity contribution in [1.82, 2.24) is 24.5 Å². The number of rotatable bonds is 4. The van der Waals surface area contributed by atoms with Crippen LogP contribution in [0.15, 0.2) is 36.5 Å². The first kappa shape index (κ1) is 17.2. The van der Waals surface area contributed by atoms with Crippen LogP contribution in [0.3, 0.4) is 0 Å². The van der Waals surface area contributed by atoms with Gasteiger partial charge in [0.05, 0.1) is 28.6 Å². The van der Waals surface area contributed by atoms with Crippen LogP contribution in [0.25, 0.3) is 0 Å². The molecule has 1 aliphatic rings. The zero-order chi connectivity index (χ0) is 18.3. The lowest BCUT2D eigenvalue weighted by Gasteiger charge is -2.27. The van der Waals surface area contributed by atoms with Crippen LogP contribution in [-0.2, 0) is 26.7 Å². The number of hydrogen-bond acceptors (Lipinski definition) is 4. The Balaban J connectivity index is 1.49. The Labute approximate surface area is 155 Å². The Morgan fingerprint density at radius 2 is 2.12 bits per heavy atom. The smallest absolute Gasteiger partial charge is 0.141 e. The highest BCUT2D eigenvalue weighted by Crippen LogP contribution is 2.24. The highest BCUT2D eigenvalue weighted by atomic mass is 35.5. The molecular weight excluding hydrogens is 357 g/mol. The van der Waals surface area contributed by atoms with E-state index in [2.05, 4.69) is 15.1 Å². The van der Waals surface area contributed by atoms with Gasteiger partial charge < -0.3 is 5.11 Å². The van der Waals surface area contributed by atoms with E-state index in [9.17, 15) is 9.50 Å². The van der Waals surface area contributed by atoms with E-state index in [1.165, 1.54) is 6.07 Å². The lowest BCUT2D eigenvalue weighted by Crippen LogP contribution is -2.33. The van der Waals surface area contributed by atoms with Gasteiger partial charge in [0.1, 0.15) is 11.9 Å². The van der Waals surface area contributed by atoms with Crippen molar-refractivity contribution in [2.24, 2.45) is 7.05 Å². The van der Waals surface area contributed by atoms with E-state index in [-0.39, 0.29) is 5.02 Å². The van der Waals surface area contributed by atoms with E-state index in [1.807, 2.05) is 10.7 Å². The molecule has 0 amide bonds. The third kappa shape index (κ3) is 3.25. The molecule has 8 heteroatoms. The van der Waals surface area contributed by atoms with Crippen LogP contribution in [0, 0.1) is 5.82 Å². The number of aryl methyl sites for hydroxylation is 1. The summed E-state index contributed by atoms with van der Waals surface area (Å²) in [4.78, 5) is 2.25. The summed E-state index contributed by atoms with van der Waals surface area (Å²) in [5.74, 6) is -0.402. The third-order valence-electron chi connectivity index (χ3n) is 4.71. The minimum atomic E-state index is -0.801. The van der Waals surface area contributed by atoms with Crippen LogP contribution < -0.4 is 0 Å². The van der Waals surface area contributed by atoms with E-state index in [0.717, 1.165) is 24.3 Å². The van der Waals surface area contributed by atoms with Crippen molar-refractivity contribution < 1.29 is 9.50 Å². The van der Waals surface area contributed by atoms with Crippen LogP contribution >= 0.6 is 11.6 Å². The van der Waals surface area contributed by atoms with Crippen molar-refractivity contribution in [3.05, 3.63) is 70.0 Å². The van der Waals surface area contributed by atoms with Crippen LogP contribution in [0.1, 0.15) is 28.7 Å². The maximum Gasteiger partial charge on any atom is 0.141 e. The van der Waals surface area contributed by atoms with Crippen LogP contribution in [0.2, 0.25) is 5.02 Å². The quantitative estimate of drug-likeness (QED) is 0.761. The summed E-state index contributed by atoms with van der Waals surface area (Å²) in [6.07, 6.45) is 0.856. The van der Waals surface area contributed by atoms with Crippen LogP contribution in [-0.4, -0.2) is 36.1 Å². The van der Waals surface area contributed by atoms with Gasteiger partial charge in [0.2, 0.25) is 0 Å². The molecule has 3 aromatic rings. The van der Waals surface area contributed by atoms with E-state index >= 15 is 0 Å². The Morgan fingerprint density at radius 1 is 1.27 bits per heavy atom. The molecule has 4 rings (SSSR count). The number of halogens is 2. The van der Waals surface area contributed by atoms with Gasteiger partial charge in [0.15, 0.2) is 0 Å². The molecule has 6 nitrogen and oxygen atoms in total. The fourth-order valence-electron chi connectivity index (χ4n) is 3.31. The second kappa shape index (κ2) is 6.83. The summed E-state index contributed by atoms with van der Waals surface area (Å²) in [5.41, 5.74) is 3.34. The maximum absolute atomic E-state index is 13.3. The Morgan fingerprint density at radius 3 is 2.85 bits per heavy atom. The number of benzene rings is 1. The summed E-state index contributed by atoms with van der Waals surface area (Å²) in [6.45, 7) is 2.96. The average molecular weight is 376 g/mol. The fraction of sp³-hybridized carbons (Fsp3) is 0.333. The number of nitrogens with zero attached hydrogens (tertiary/aromatic N) is 5. The Kier molecular flexibility index (Phi) is 4.52. The van der Waals surface area contributed by atoms with Crippen LogP contribution in [0.4, 0.5) is 4.39 Å². The van der Waals surface area contributed by atoms with Gasteiger partial charge in [-0.15, -0.1) is 0 Å². The molecule has 1 N–H and O–H groups in total. The third-order valence-corrected chi connectivity index (χ3v) is 4.99. The van der Waals surface area contributed by atoms with Gasteiger partial charge in [-0.05, 0) is 29.8 Å². The SMILES string of the molecule is Cn1nccc1C(O)c1cc2n(n1)CCN(Cc1ccc(F)c(Cl)c1)C2. The van der Waals surface area contributed by atoms with E-state index in [1.54, 1.807) is 36.1 Å². The predicted molar refractivity (Wildman–Crippen MR) is 95.0 cm³/mol. The second-order valence-corrected chi connectivity index (χ2v) is 6.93. The molecule has 0 saturated heterocycles. The number of fused-ring (bicyclic) bond motifs is 1. The summed E-state index contributed by atoms with van der Waals surface area (Å²) in [5, 5.41) is 19.3. The molecule has 0 radical (unpaired) electrons. The Bertz CT molecular complexity index is 938. The fourth-order valence-corrected chi connectivity index (χ4v) is 3.51. The number of aliphatic hydroxyl groups is 1. The second-order valence-electron chi connectivity index (χ2n) is 6.53. The topological polar surface area (TPSA) is 59.1 Å². The van der Waals surface area contributed by atoms with Crippen molar-refractivity contribution >= 4 is 11.6 Å². The normalized spacial score (nSPS) is 15.8. The zero-order valence-corrected chi connectivity index (χ0v) is 15.1. The Hall–Kier alpha value is -2.22. The molecule has 0 bridgehead atoms. The monoisotopic (exact) mass is 375 g/mol. The van der Waals surface area contributed by atoms with Gasteiger partial charge in [-0.2, -0.15) is 10.2 Å².